The summed E-state index contributed by atoms with van der Waals surface area (Å²) in [6.45, 7) is 8.95. The van der Waals surface area contributed by atoms with E-state index in [0.29, 0.717) is 6.04 Å². The van der Waals surface area contributed by atoms with E-state index in [1.165, 1.54) is 11.1 Å². The van der Waals surface area contributed by atoms with Crippen LogP contribution in [0.5, 0.6) is 0 Å². The van der Waals surface area contributed by atoms with E-state index < -0.39 is 0 Å². The Kier molecular flexibility index (Phi) is 3.92. The van der Waals surface area contributed by atoms with Gasteiger partial charge >= 0.3 is 0 Å². The van der Waals surface area contributed by atoms with Gasteiger partial charge in [0.05, 0.1) is 0 Å². The topological polar surface area (TPSA) is 12.0 Å². The molecule has 1 aromatic carbocycles. The first-order valence-electron chi connectivity index (χ1n) is 5.76. The molecule has 15 heavy (non-hydrogen) atoms. The van der Waals surface area contributed by atoms with Crippen LogP contribution in [0, 0.1) is 0 Å². The van der Waals surface area contributed by atoms with Crippen LogP contribution in [0.4, 0.5) is 0 Å². The minimum absolute atomic E-state index is 0.250. The monoisotopic (exact) mass is 205 g/mol. The van der Waals surface area contributed by atoms with Crippen molar-refractivity contribution in [3.8, 4) is 0 Å². The van der Waals surface area contributed by atoms with Gasteiger partial charge in [-0.1, -0.05) is 52.0 Å². The average molecular weight is 205 g/mol. The summed E-state index contributed by atoms with van der Waals surface area (Å²) in [6.07, 6.45) is 1.13. The maximum Gasteiger partial charge on any atom is 0.0314 e. The van der Waals surface area contributed by atoms with Crippen LogP contribution in [0.2, 0.25) is 0 Å². The van der Waals surface area contributed by atoms with Crippen LogP contribution in [0.15, 0.2) is 24.3 Å². The third-order valence-corrected chi connectivity index (χ3v) is 2.94. The van der Waals surface area contributed by atoms with Crippen molar-refractivity contribution in [1.82, 2.24) is 5.32 Å². The minimum atomic E-state index is 0.250. The van der Waals surface area contributed by atoms with Gasteiger partial charge in [0.25, 0.3) is 0 Å². The van der Waals surface area contributed by atoms with Gasteiger partial charge in [0.2, 0.25) is 0 Å². The fraction of sp³-hybridized carbons (Fsp3) is 0.571. The van der Waals surface area contributed by atoms with E-state index >= 15 is 0 Å². The lowest BCUT2D eigenvalue weighted by Gasteiger charge is -2.21. The van der Waals surface area contributed by atoms with Gasteiger partial charge in [0.1, 0.15) is 0 Å². The lowest BCUT2D eigenvalue weighted by atomic mass is 9.86. The van der Waals surface area contributed by atoms with Crippen molar-refractivity contribution in [1.29, 1.82) is 0 Å². The van der Waals surface area contributed by atoms with Gasteiger partial charge in [0, 0.05) is 6.04 Å². The first-order chi connectivity index (χ1) is 6.99. The molecule has 0 aromatic heterocycles. The molecule has 1 rings (SSSR count). The Hall–Kier alpha value is -0.820. The van der Waals surface area contributed by atoms with Crippen LogP contribution in [0.1, 0.15) is 51.3 Å². The van der Waals surface area contributed by atoms with Crippen LogP contribution >= 0.6 is 0 Å². The molecule has 1 heteroatoms. The quantitative estimate of drug-likeness (QED) is 0.794. The van der Waals surface area contributed by atoms with Crippen molar-refractivity contribution in [2.75, 3.05) is 7.05 Å². The highest BCUT2D eigenvalue weighted by Gasteiger charge is 2.14. The molecule has 1 unspecified atom stereocenters. The van der Waals surface area contributed by atoms with Crippen LogP contribution in [0.25, 0.3) is 0 Å². The molecule has 0 spiro atoms. The van der Waals surface area contributed by atoms with Crippen molar-refractivity contribution in [3.63, 3.8) is 0 Å². The predicted octanol–water partition coefficient (Wildman–Crippen LogP) is 3.65. The van der Waals surface area contributed by atoms with Crippen LogP contribution in [0.3, 0.4) is 0 Å². The molecule has 0 aliphatic heterocycles. The van der Waals surface area contributed by atoms with Crippen molar-refractivity contribution >= 4 is 0 Å². The first kappa shape index (κ1) is 12.3. The zero-order valence-electron chi connectivity index (χ0n) is 10.6. The number of hydrogen-bond acceptors (Lipinski definition) is 1. The molecule has 0 radical (unpaired) electrons. The second-order valence-electron chi connectivity index (χ2n) is 5.12. The van der Waals surface area contributed by atoms with E-state index in [-0.39, 0.29) is 5.41 Å². The van der Waals surface area contributed by atoms with Crippen molar-refractivity contribution < 1.29 is 0 Å². The zero-order chi connectivity index (χ0) is 11.5. The molecule has 0 aliphatic rings. The molecule has 0 saturated heterocycles. The maximum absolute atomic E-state index is 3.33. The molecule has 0 heterocycles. The summed E-state index contributed by atoms with van der Waals surface area (Å²) in [7, 11) is 2.02. The summed E-state index contributed by atoms with van der Waals surface area (Å²) < 4.78 is 0. The molecular formula is C14H23N. The number of benzene rings is 1. The SMILES string of the molecule is CCC(NC)c1ccc(C(C)(C)C)cc1. The van der Waals surface area contributed by atoms with E-state index in [1.807, 2.05) is 7.05 Å². The van der Waals surface area contributed by atoms with E-state index in [2.05, 4.69) is 57.3 Å². The molecule has 0 saturated carbocycles. The number of nitrogens with one attached hydrogen (secondary N) is 1. The third-order valence-electron chi connectivity index (χ3n) is 2.94. The molecule has 0 fully saturated rings. The van der Waals surface area contributed by atoms with E-state index in [9.17, 15) is 0 Å². The fourth-order valence-electron chi connectivity index (χ4n) is 1.82. The minimum Gasteiger partial charge on any atom is -0.313 e. The third kappa shape index (κ3) is 3.07. The molecule has 1 aromatic rings. The van der Waals surface area contributed by atoms with Crippen LogP contribution < -0.4 is 5.32 Å². The lowest BCUT2D eigenvalue weighted by molar-refractivity contribution is 0.570. The highest BCUT2D eigenvalue weighted by Crippen LogP contribution is 2.24. The van der Waals surface area contributed by atoms with Crippen LogP contribution in [-0.4, -0.2) is 7.05 Å². The highest BCUT2D eigenvalue weighted by molar-refractivity contribution is 5.29. The zero-order valence-corrected chi connectivity index (χ0v) is 10.6. The van der Waals surface area contributed by atoms with Gasteiger partial charge in [-0.15, -0.1) is 0 Å². The summed E-state index contributed by atoms with van der Waals surface area (Å²) in [5.41, 5.74) is 3.03. The molecule has 0 amide bonds. The summed E-state index contributed by atoms with van der Waals surface area (Å²) in [4.78, 5) is 0. The summed E-state index contributed by atoms with van der Waals surface area (Å²) in [5, 5.41) is 3.33. The van der Waals surface area contributed by atoms with Gasteiger partial charge in [-0.05, 0) is 30.0 Å². The Morgan fingerprint density at radius 1 is 1.13 bits per heavy atom. The second kappa shape index (κ2) is 4.80. The Morgan fingerprint density at radius 3 is 2.00 bits per heavy atom. The van der Waals surface area contributed by atoms with Gasteiger partial charge in [-0.25, -0.2) is 0 Å². The maximum atomic E-state index is 3.33. The van der Waals surface area contributed by atoms with E-state index in [1.54, 1.807) is 0 Å². The van der Waals surface area contributed by atoms with Crippen molar-refractivity contribution in [3.05, 3.63) is 35.4 Å². The van der Waals surface area contributed by atoms with Crippen molar-refractivity contribution in [2.45, 2.75) is 45.6 Å². The van der Waals surface area contributed by atoms with Crippen LogP contribution in [-0.2, 0) is 5.41 Å². The highest BCUT2D eigenvalue weighted by atomic mass is 14.9. The van der Waals surface area contributed by atoms with Crippen molar-refractivity contribution in [2.24, 2.45) is 0 Å². The number of hydrogen-bond donors (Lipinski definition) is 1. The molecule has 1 N–H and O–H groups in total. The van der Waals surface area contributed by atoms with E-state index in [0.717, 1.165) is 6.42 Å². The molecular weight excluding hydrogens is 182 g/mol. The molecule has 84 valence electrons. The standard InChI is InChI=1S/C14H23N/c1-6-13(15-5)11-7-9-12(10-8-11)14(2,3)4/h7-10,13,15H,6H2,1-5H3. The van der Waals surface area contributed by atoms with E-state index in [4.69, 9.17) is 0 Å². The first-order valence-corrected chi connectivity index (χ1v) is 5.76. The molecule has 0 bridgehead atoms. The van der Waals surface area contributed by atoms with Gasteiger partial charge in [0.15, 0.2) is 0 Å². The second-order valence-corrected chi connectivity index (χ2v) is 5.12. The largest absolute Gasteiger partial charge is 0.313 e. The molecule has 1 nitrogen and oxygen atoms in total. The molecule has 1 atom stereocenters. The predicted molar refractivity (Wildman–Crippen MR) is 67.2 cm³/mol. The fourth-order valence-corrected chi connectivity index (χ4v) is 1.82. The average Bonchev–Trinajstić information content (AvgIpc) is 2.19. The Morgan fingerprint density at radius 2 is 1.67 bits per heavy atom. The van der Waals surface area contributed by atoms with Gasteiger partial charge in [-0.3, -0.25) is 0 Å². The van der Waals surface area contributed by atoms with Gasteiger partial charge < -0.3 is 5.32 Å². The Labute approximate surface area is 93.9 Å². The van der Waals surface area contributed by atoms with Gasteiger partial charge in [-0.2, -0.15) is 0 Å². The lowest BCUT2D eigenvalue weighted by Crippen LogP contribution is -2.16. The smallest absolute Gasteiger partial charge is 0.0314 e. The summed E-state index contributed by atoms with van der Waals surface area (Å²) >= 11 is 0. The normalized spacial score (nSPS) is 13.9. The Balaban J connectivity index is 2.89. The summed E-state index contributed by atoms with van der Waals surface area (Å²) in [6, 6.07) is 9.46. The Bertz CT molecular complexity index is 288. The summed E-state index contributed by atoms with van der Waals surface area (Å²) in [5.74, 6) is 0. The molecule has 0 aliphatic carbocycles. The number of rotatable bonds is 3.